The number of hydrogen-bond donors (Lipinski definition) is 0. The van der Waals surface area contributed by atoms with Crippen molar-refractivity contribution in [2.24, 2.45) is 0 Å². The molecule has 5 heteroatoms. The normalized spacial score (nSPS) is 16.2. The quantitative estimate of drug-likeness (QED) is 0.651. The van der Waals surface area contributed by atoms with E-state index in [1.54, 1.807) is 13.3 Å². The molecule has 2 heterocycles. The first-order valence-corrected chi connectivity index (χ1v) is 10.2. The van der Waals surface area contributed by atoms with Crippen LogP contribution in [0.5, 0.6) is 5.75 Å². The van der Waals surface area contributed by atoms with Crippen molar-refractivity contribution in [3.05, 3.63) is 77.1 Å². The van der Waals surface area contributed by atoms with E-state index in [0.29, 0.717) is 11.5 Å². The second kappa shape index (κ2) is 8.11. The number of aryl methyl sites for hydroxylation is 1. The number of aromatic nitrogens is 2. The Balaban J connectivity index is 1.53. The number of ether oxygens (including phenoxy) is 1. The lowest BCUT2D eigenvalue weighted by Crippen LogP contribution is -2.29. The lowest BCUT2D eigenvalue weighted by atomic mass is 9.98. The molecule has 2 aromatic carbocycles. The van der Waals surface area contributed by atoms with E-state index in [2.05, 4.69) is 43.2 Å². The number of nitrogens with zero attached hydrogens (tertiary/aromatic N) is 3. The average molecular weight is 389 g/mol. The average Bonchev–Trinajstić information content (AvgIpc) is 3.41. The van der Waals surface area contributed by atoms with Crippen LogP contribution in [0.3, 0.4) is 0 Å². The van der Waals surface area contributed by atoms with Crippen molar-refractivity contribution in [3.8, 4) is 11.4 Å². The molecule has 0 bridgehead atoms. The van der Waals surface area contributed by atoms with Crippen LogP contribution in [0.2, 0.25) is 0 Å². The molecular formula is C24H27N3O2. The van der Waals surface area contributed by atoms with Gasteiger partial charge in [-0.1, -0.05) is 36.8 Å². The number of carbonyl (C=O) groups is 1. The highest BCUT2D eigenvalue weighted by Gasteiger charge is 2.30. The molecule has 0 saturated carbocycles. The van der Waals surface area contributed by atoms with Gasteiger partial charge in [-0.05, 0) is 49.6 Å². The fraction of sp³-hybridized carbons (Fsp3) is 0.333. The van der Waals surface area contributed by atoms with Gasteiger partial charge in [-0.3, -0.25) is 4.79 Å². The Morgan fingerprint density at radius 2 is 1.86 bits per heavy atom. The van der Waals surface area contributed by atoms with Crippen molar-refractivity contribution in [2.45, 2.75) is 32.6 Å². The van der Waals surface area contributed by atoms with Gasteiger partial charge in [0.2, 0.25) is 0 Å². The van der Waals surface area contributed by atoms with Crippen LogP contribution >= 0.6 is 0 Å². The summed E-state index contributed by atoms with van der Waals surface area (Å²) in [6, 6.07) is 16.4. The summed E-state index contributed by atoms with van der Waals surface area (Å²) in [5, 5.41) is 4.53. The molecule has 29 heavy (non-hydrogen) atoms. The molecule has 1 aliphatic rings. The Hall–Kier alpha value is -3.08. The van der Waals surface area contributed by atoms with Gasteiger partial charge >= 0.3 is 0 Å². The number of amides is 1. The smallest absolute Gasteiger partial charge is 0.257 e. The van der Waals surface area contributed by atoms with Crippen LogP contribution in [0, 0.1) is 6.92 Å². The Labute approximate surface area is 171 Å². The van der Waals surface area contributed by atoms with Crippen LogP contribution in [0.4, 0.5) is 0 Å². The zero-order chi connectivity index (χ0) is 20.4. The summed E-state index contributed by atoms with van der Waals surface area (Å²) in [5.74, 6) is 1.30. The molecule has 0 spiro atoms. The summed E-state index contributed by atoms with van der Waals surface area (Å²) in [4.78, 5) is 15.2. The third kappa shape index (κ3) is 3.77. The van der Waals surface area contributed by atoms with Gasteiger partial charge < -0.3 is 9.64 Å². The molecule has 0 N–H and O–H groups in total. The third-order valence-corrected chi connectivity index (χ3v) is 5.78. The van der Waals surface area contributed by atoms with E-state index < -0.39 is 0 Å². The topological polar surface area (TPSA) is 47.4 Å². The highest BCUT2D eigenvalue weighted by Crippen LogP contribution is 2.30. The van der Waals surface area contributed by atoms with Gasteiger partial charge in [0.15, 0.2) is 0 Å². The molecule has 4 rings (SSSR count). The zero-order valence-corrected chi connectivity index (χ0v) is 17.3. The minimum atomic E-state index is 0.0798. The molecule has 1 aliphatic heterocycles. The molecule has 3 aromatic rings. The molecule has 1 unspecified atom stereocenters. The van der Waals surface area contributed by atoms with E-state index in [0.717, 1.165) is 43.1 Å². The Bertz CT molecular complexity index is 990. The fourth-order valence-electron chi connectivity index (χ4n) is 4.06. The van der Waals surface area contributed by atoms with Gasteiger partial charge in [0.1, 0.15) is 5.75 Å². The van der Waals surface area contributed by atoms with Crippen LogP contribution in [-0.4, -0.2) is 40.8 Å². The molecule has 0 radical (unpaired) electrons. The molecule has 5 nitrogen and oxygen atoms in total. The number of benzene rings is 2. The van der Waals surface area contributed by atoms with Crippen molar-refractivity contribution in [1.82, 2.24) is 14.7 Å². The van der Waals surface area contributed by atoms with Gasteiger partial charge in [-0.25, -0.2) is 4.68 Å². The van der Waals surface area contributed by atoms with E-state index in [4.69, 9.17) is 4.74 Å². The molecule has 150 valence electrons. The van der Waals surface area contributed by atoms with Crippen molar-refractivity contribution >= 4 is 5.91 Å². The van der Waals surface area contributed by atoms with Gasteiger partial charge in [0, 0.05) is 19.0 Å². The maximum Gasteiger partial charge on any atom is 0.257 e. The minimum absolute atomic E-state index is 0.0798. The number of likely N-dealkylation sites (tertiary alicyclic amines) is 1. The van der Waals surface area contributed by atoms with Crippen LogP contribution in [0.15, 0.2) is 54.7 Å². The molecule has 0 aliphatic carbocycles. The van der Waals surface area contributed by atoms with Gasteiger partial charge in [-0.2, -0.15) is 5.10 Å². The number of hydrogen-bond acceptors (Lipinski definition) is 3. The Morgan fingerprint density at radius 3 is 2.52 bits per heavy atom. The molecule has 1 amide bonds. The first-order valence-electron chi connectivity index (χ1n) is 10.2. The molecule has 1 saturated heterocycles. The van der Waals surface area contributed by atoms with E-state index >= 15 is 0 Å². The van der Waals surface area contributed by atoms with E-state index in [-0.39, 0.29) is 5.91 Å². The largest absolute Gasteiger partial charge is 0.497 e. The summed E-state index contributed by atoms with van der Waals surface area (Å²) in [5.41, 5.74) is 5.13. The number of rotatable bonds is 5. The van der Waals surface area contributed by atoms with Crippen molar-refractivity contribution in [1.29, 1.82) is 0 Å². The maximum absolute atomic E-state index is 13.3. The second-order valence-electron chi connectivity index (χ2n) is 7.62. The van der Waals surface area contributed by atoms with Gasteiger partial charge in [0.05, 0.1) is 30.3 Å². The highest BCUT2D eigenvalue weighted by molar-refractivity contribution is 5.95. The number of carbonyl (C=O) groups excluding carboxylic acids is 1. The van der Waals surface area contributed by atoms with Crippen LogP contribution in [-0.2, 0) is 6.42 Å². The van der Waals surface area contributed by atoms with E-state index in [1.165, 1.54) is 11.1 Å². The van der Waals surface area contributed by atoms with Gasteiger partial charge in [-0.15, -0.1) is 0 Å². The van der Waals surface area contributed by atoms with Crippen molar-refractivity contribution < 1.29 is 9.53 Å². The lowest BCUT2D eigenvalue weighted by molar-refractivity contribution is 0.0789. The first-order chi connectivity index (χ1) is 14.1. The molecule has 1 fully saturated rings. The maximum atomic E-state index is 13.3. The highest BCUT2D eigenvalue weighted by atomic mass is 16.5. The zero-order valence-electron chi connectivity index (χ0n) is 17.3. The van der Waals surface area contributed by atoms with Crippen LogP contribution in [0.25, 0.3) is 5.69 Å². The van der Waals surface area contributed by atoms with Gasteiger partial charge in [0.25, 0.3) is 5.91 Å². The Morgan fingerprint density at radius 1 is 1.14 bits per heavy atom. The summed E-state index contributed by atoms with van der Waals surface area (Å²) >= 11 is 0. The van der Waals surface area contributed by atoms with E-state index in [9.17, 15) is 4.79 Å². The number of methoxy groups -OCH3 is 1. The van der Waals surface area contributed by atoms with Crippen LogP contribution < -0.4 is 4.74 Å². The minimum Gasteiger partial charge on any atom is -0.497 e. The predicted octanol–water partition coefficient (Wildman–Crippen LogP) is 4.38. The van der Waals surface area contributed by atoms with E-state index in [1.807, 2.05) is 33.8 Å². The molecule has 1 aromatic heterocycles. The monoisotopic (exact) mass is 389 g/mol. The van der Waals surface area contributed by atoms with Crippen LogP contribution in [0.1, 0.15) is 46.4 Å². The summed E-state index contributed by atoms with van der Waals surface area (Å²) in [7, 11) is 1.67. The molecule has 1 atom stereocenters. The third-order valence-electron chi connectivity index (χ3n) is 5.78. The standard InChI is InChI=1S/C24H27N3O2/c1-4-23-22(15-25-27(23)20-9-5-17(2)6-10-20)24(28)26-14-13-19(16-26)18-7-11-21(29-3)12-8-18/h5-12,15,19H,4,13-14,16H2,1-3H3. The van der Waals surface area contributed by atoms with Crippen molar-refractivity contribution in [2.75, 3.05) is 20.2 Å². The second-order valence-corrected chi connectivity index (χ2v) is 7.62. The van der Waals surface area contributed by atoms with Crippen molar-refractivity contribution in [3.63, 3.8) is 0 Å². The first kappa shape index (κ1) is 19.2. The Kier molecular flexibility index (Phi) is 5.38. The fourth-order valence-corrected chi connectivity index (χ4v) is 4.06. The SMILES string of the molecule is CCc1c(C(=O)N2CCC(c3ccc(OC)cc3)C2)cnn1-c1ccc(C)cc1. The lowest BCUT2D eigenvalue weighted by Gasteiger charge is -2.17. The summed E-state index contributed by atoms with van der Waals surface area (Å²) in [6.07, 6.45) is 3.46. The molecular weight excluding hydrogens is 362 g/mol. The summed E-state index contributed by atoms with van der Waals surface area (Å²) < 4.78 is 7.14. The summed E-state index contributed by atoms with van der Waals surface area (Å²) in [6.45, 7) is 5.65. The predicted molar refractivity (Wildman–Crippen MR) is 114 cm³/mol.